The average Bonchev–Trinajstić information content (AvgIpc) is 2.61. The maximum atomic E-state index is 12.0. The van der Waals surface area contributed by atoms with Crippen LogP contribution in [0.5, 0.6) is 0 Å². The van der Waals surface area contributed by atoms with Crippen LogP contribution in [0.15, 0.2) is 23.1 Å². The minimum atomic E-state index is -1.36. The Morgan fingerprint density at radius 1 is 1.40 bits per heavy atom. The van der Waals surface area contributed by atoms with E-state index in [-0.39, 0.29) is 4.32 Å². The van der Waals surface area contributed by atoms with E-state index < -0.39 is 18.4 Å². The summed E-state index contributed by atoms with van der Waals surface area (Å²) in [5.74, 6) is -1.83. The van der Waals surface area contributed by atoms with Crippen LogP contribution < -0.4 is 5.11 Å². The molecule has 0 bridgehead atoms. The zero-order chi connectivity index (χ0) is 14.9. The van der Waals surface area contributed by atoms with Gasteiger partial charge < -0.3 is 9.90 Å². The van der Waals surface area contributed by atoms with Crippen LogP contribution in [0.3, 0.4) is 0 Å². The van der Waals surface area contributed by atoms with Gasteiger partial charge in [0.25, 0.3) is 5.91 Å². The Kier molecular flexibility index (Phi) is 4.70. The van der Waals surface area contributed by atoms with E-state index in [9.17, 15) is 14.7 Å². The van der Waals surface area contributed by atoms with Crippen molar-refractivity contribution in [2.75, 3.05) is 6.54 Å². The first kappa shape index (κ1) is 15.3. The van der Waals surface area contributed by atoms with Gasteiger partial charge >= 0.3 is 0 Å². The number of thioether (sulfide) groups is 1. The number of hydrogen-bond acceptors (Lipinski definition) is 5. The van der Waals surface area contributed by atoms with E-state index in [4.69, 9.17) is 35.4 Å². The second kappa shape index (κ2) is 6.13. The topological polar surface area (TPSA) is 60.4 Å². The highest BCUT2D eigenvalue weighted by atomic mass is 35.5. The van der Waals surface area contributed by atoms with Gasteiger partial charge in [0, 0.05) is 0 Å². The molecule has 0 N–H and O–H groups in total. The van der Waals surface area contributed by atoms with Crippen LogP contribution in [0.25, 0.3) is 6.08 Å². The van der Waals surface area contributed by atoms with E-state index in [0.717, 1.165) is 16.7 Å². The number of carbonyl (C=O) groups is 2. The Labute approximate surface area is 134 Å². The number of thiocarbonyl (C=S) groups is 1. The lowest BCUT2D eigenvalue weighted by Gasteiger charge is -2.14. The van der Waals surface area contributed by atoms with Gasteiger partial charge in [0.05, 0.1) is 27.5 Å². The lowest BCUT2D eigenvalue weighted by Crippen LogP contribution is -2.40. The number of halogens is 2. The molecule has 104 valence electrons. The lowest BCUT2D eigenvalue weighted by molar-refractivity contribution is -0.305. The quantitative estimate of drug-likeness (QED) is 0.618. The van der Waals surface area contributed by atoms with Crippen LogP contribution in [-0.2, 0) is 9.59 Å². The summed E-state index contributed by atoms with van der Waals surface area (Å²) < 4.78 is 0.186. The smallest absolute Gasteiger partial charge is 0.266 e. The van der Waals surface area contributed by atoms with Crippen LogP contribution in [-0.4, -0.2) is 27.6 Å². The maximum Gasteiger partial charge on any atom is 0.266 e. The molecule has 20 heavy (non-hydrogen) atoms. The molecule has 0 aromatic heterocycles. The van der Waals surface area contributed by atoms with Crippen LogP contribution >= 0.6 is 47.2 Å². The number of carbonyl (C=O) groups excluding carboxylic acids is 2. The number of aliphatic carboxylic acids is 1. The molecule has 0 unspecified atom stereocenters. The normalized spacial score (nSPS) is 17.1. The molecule has 4 nitrogen and oxygen atoms in total. The zero-order valence-corrected chi connectivity index (χ0v) is 12.9. The summed E-state index contributed by atoms with van der Waals surface area (Å²) in [6.45, 7) is -0.552. The molecular formula is C12H6Cl2NO3S2-. The fraction of sp³-hybridized carbons (Fsp3) is 0.0833. The summed E-state index contributed by atoms with van der Waals surface area (Å²) >= 11 is 17.7. The number of rotatable bonds is 3. The Hall–Kier alpha value is -1.08. The number of hydrogen-bond donors (Lipinski definition) is 0. The molecule has 1 aromatic carbocycles. The number of carboxylic acids is 1. The second-order valence-corrected chi connectivity index (χ2v) is 6.30. The Morgan fingerprint density at radius 3 is 2.70 bits per heavy atom. The molecule has 1 fully saturated rings. The van der Waals surface area contributed by atoms with Gasteiger partial charge in [-0.2, -0.15) is 0 Å². The van der Waals surface area contributed by atoms with Gasteiger partial charge in [0.1, 0.15) is 4.32 Å². The van der Waals surface area contributed by atoms with E-state index in [2.05, 4.69) is 0 Å². The van der Waals surface area contributed by atoms with Gasteiger partial charge in [0.15, 0.2) is 0 Å². The fourth-order valence-corrected chi connectivity index (χ4v) is 3.08. The molecule has 0 spiro atoms. The zero-order valence-electron chi connectivity index (χ0n) is 9.76. The first-order valence-electron chi connectivity index (χ1n) is 5.29. The van der Waals surface area contributed by atoms with Gasteiger partial charge in [-0.25, -0.2) is 0 Å². The summed E-state index contributed by atoms with van der Waals surface area (Å²) in [4.78, 5) is 23.9. The SMILES string of the molecule is O=C([O-])CN1C(=O)/C(=C/c2ccc(Cl)c(Cl)c2)SC1=S. The first-order valence-corrected chi connectivity index (χ1v) is 7.27. The van der Waals surface area contributed by atoms with Crippen LogP contribution in [0.1, 0.15) is 5.56 Å². The van der Waals surface area contributed by atoms with Crippen LogP contribution in [0.4, 0.5) is 0 Å². The predicted molar refractivity (Wildman–Crippen MR) is 81.3 cm³/mol. The Balaban J connectivity index is 2.27. The molecule has 1 aromatic rings. The minimum Gasteiger partial charge on any atom is -0.548 e. The monoisotopic (exact) mass is 346 g/mol. The van der Waals surface area contributed by atoms with Gasteiger partial charge in [-0.3, -0.25) is 9.69 Å². The molecule has 2 rings (SSSR count). The summed E-state index contributed by atoms with van der Waals surface area (Å²) in [6, 6.07) is 4.91. The number of nitrogens with zero attached hydrogens (tertiary/aromatic N) is 1. The van der Waals surface area contributed by atoms with Crippen molar-refractivity contribution in [1.29, 1.82) is 0 Å². The van der Waals surface area contributed by atoms with Gasteiger partial charge in [-0.1, -0.05) is 53.2 Å². The molecule has 0 saturated carbocycles. The highest BCUT2D eigenvalue weighted by molar-refractivity contribution is 8.26. The third kappa shape index (κ3) is 3.32. The number of benzene rings is 1. The maximum absolute atomic E-state index is 12.0. The molecule has 1 saturated heterocycles. The van der Waals surface area contributed by atoms with Crippen molar-refractivity contribution < 1.29 is 14.7 Å². The predicted octanol–water partition coefficient (Wildman–Crippen LogP) is 1.94. The fourth-order valence-electron chi connectivity index (χ4n) is 1.52. The largest absolute Gasteiger partial charge is 0.548 e. The highest BCUT2D eigenvalue weighted by Gasteiger charge is 2.31. The standard InChI is InChI=1S/C12H7Cl2NO3S2/c13-7-2-1-6(3-8(7)14)4-9-11(18)15(5-10(16)17)12(19)20-9/h1-4H,5H2,(H,16,17)/p-1/b9-4-. The number of amides is 1. The van der Waals surface area contributed by atoms with Crippen molar-refractivity contribution in [3.8, 4) is 0 Å². The Morgan fingerprint density at radius 2 is 2.10 bits per heavy atom. The van der Waals surface area contributed by atoms with Crippen LogP contribution in [0, 0.1) is 0 Å². The van der Waals surface area contributed by atoms with E-state index in [0.29, 0.717) is 20.5 Å². The van der Waals surface area contributed by atoms with E-state index in [1.165, 1.54) is 0 Å². The lowest BCUT2D eigenvalue weighted by atomic mass is 10.2. The third-order valence-corrected chi connectivity index (χ3v) is 4.52. The molecular weight excluding hydrogens is 341 g/mol. The molecule has 1 amide bonds. The minimum absolute atomic E-state index is 0.186. The van der Waals surface area contributed by atoms with Gasteiger partial charge in [-0.15, -0.1) is 0 Å². The van der Waals surface area contributed by atoms with Crippen molar-refractivity contribution in [3.05, 3.63) is 38.7 Å². The molecule has 1 aliphatic heterocycles. The van der Waals surface area contributed by atoms with Crippen molar-refractivity contribution >= 4 is 69.5 Å². The molecule has 0 radical (unpaired) electrons. The number of carboxylic acid groups (broad SMARTS) is 1. The summed E-state index contributed by atoms with van der Waals surface area (Å²) in [7, 11) is 0. The van der Waals surface area contributed by atoms with Crippen LogP contribution in [0.2, 0.25) is 10.0 Å². The van der Waals surface area contributed by atoms with Crippen molar-refractivity contribution in [1.82, 2.24) is 4.90 Å². The second-order valence-electron chi connectivity index (χ2n) is 3.81. The highest BCUT2D eigenvalue weighted by Crippen LogP contribution is 2.33. The summed E-state index contributed by atoms with van der Waals surface area (Å²) in [5, 5.41) is 11.3. The average molecular weight is 347 g/mol. The van der Waals surface area contributed by atoms with Crippen molar-refractivity contribution in [3.63, 3.8) is 0 Å². The first-order chi connectivity index (χ1) is 9.38. The van der Waals surface area contributed by atoms with Crippen molar-refractivity contribution in [2.45, 2.75) is 0 Å². The van der Waals surface area contributed by atoms with E-state index in [1.807, 2.05) is 0 Å². The van der Waals surface area contributed by atoms with Gasteiger partial charge in [-0.05, 0) is 23.8 Å². The summed E-state index contributed by atoms with van der Waals surface area (Å²) in [5.41, 5.74) is 0.674. The molecule has 8 heteroatoms. The third-order valence-electron chi connectivity index (χ3n) is 2.40. The Bertz CT molecular complexity index is 646. The molecule has 1 heterocycles. The summed E-state index contributed by atoms with van der Waals surface area (Å²) in [6.07, 6.45) is 1.58. The van der Waals surface area contributed by atoms with E-state index >= 15 is 0 Å². The molecule has 0 atom stereocenters. The van der Waals surface area contributed by atoms with E-state index in [1.54, 1.807) is 24.3 Å². The molecule has 1 aliphatic rings. The van der Waals surface area contributed by atoms with Crippen molar-refractivity contribution in [2.24, 2.45) is 0 Å². The molecule has 0 aliphatic carbocycles. The van der Waals surface area contributed by atoms with Gasteiger partial charge in [0.2, 0.25) is 0 Å².